The minimum absolute atomic E-state index is 0.217. The number of carbonyl (C=O) groups is 1. The lowest BCUT2D eigenvalue weighted by atomic mass is 10.1. The van der Waals surface area contributed by atoms with Gasteiger partial charge in [0, 0.05) is 41.3 Å². The minimum atomic E-state index is -0.344. The van der Waals surface area contributed by atoms with Crippen LogP contribution in [0.5, 0.6) is 0 Å². The van der Waals surface area contributed by atoms with Gasteiger partial charge in [0.25, 0.3) is 0 Å². The van der Waals surface area contributed by atoms with Crippen LogP contribution in [0.4, 0.5) is 10.6 Å². The number of aryl methyl sites for hydroxylation is 1. The van der Waals surface area contributed by atoms with Crippen LogP contribution in [0.25, 0.3) is 22.2 Å². The number of nitrogens with zero attached hydrogens (tertiary/aromatic N) is 4. The number of hydrogen-bond acceptors (Lipinski definition) is 6. The third-order valence-corrected chi connectivity index (χ3v) is 4.89. The molecule has 0 bridgehead atoms. The molecule has 4 heterocycles. The van der Waals surface area contributed by atoms with E-state index in [9.17, 15) is 4.79 Å². The van der Waals surface area contributed by atoms with E-state index in [4.69, 9.17) is 0 Å². The number of urea groups is 1. The molecule has 0 fully saturated rings. The van der Waals surface area contributed by atoms with Gasteiger partial charge in [-0.25, -0.2) is 9.78 Å². The van der Waals surface area contributed by atoms with Crippen molar-refractivity contribution in [1.82, 2.24) is 35.8 Å². The van der Waals surface area contributed by atoms with Gasteiger partial charge in [-0.05, 0) is 51.2 Å². The van der Waals surface area contributed by atoms with Crippen molar-refractivity contribution in [3.63, 3.8) is 0 Å². The van der Waals surface area contributed by atoms with Crippen LogP contribution in [0.15, 0.2) is 55.0 Å². The minimum Gasteiger partial charge on any atom is -0.329 e. The maximum absolute atomic E-state index is 12.6. The third-order valence-electron chi connectivity index (χ3n) is 4.89. The Hall–Kier alpha value is -3.85. The first kappa shape index (κ1) is 20.4. The second-order valence-electron chi connectivity index (χ2n) is 7.17. The predicted molar refractivity (Wildman–Crippen MR) is 120 cm³/mol. The van der Waals surface area contributed by atoms with E-state index in [0.717, 1.165) is 40.1 Å². The summed E-state index contributed by atoms with van der Waals surface area (Å²) in [7, 11) is 1.88. The normalized spacial score (nSPS) is 11.9. The molecule has 31 heavy (non-hydrogen) atoms. The molecule has 9 nitrogen and oxygen atoms in total. The summed E-state index contributed by atoms with van der Waals surface area (Å²) >= 11 is 0. The van der Waals surface area contributed by atoms with Crippen molar-refractivity contribution in [3.05, 3.63) is 66.4 Å². The zero-order chi connectivity index (χ0) is 21.6. The van der Waals surface area contributed by atoms with Crippen LogP contribution in [0.3, 0.4) is 0 Å². The lowest BCUT2D eigenvalue weighted by Crippen LogP contribution is -2.34. The van der Waals surface area contributed by atoms with Gasteiger partial charge in [0.05, 0.1) is 17.3 Å². The highest BCUT2D eigenvalue weighted by molar-refractivity contribution is 5.95. The summed E-state index contributed by atoms with van der Waals surface area (Å²) in [5.74, 6) is 0.430. The Morgan fingerprint density at radius 3 is 2.81 bits per heavy atom. The first-order chi connectivity index (χ1) is 15.1. The smallest absolute Gasteiger partial charge is 0.320 e. The monoisotopic (exact) mass is 416 g/mol. The largest absolute Gasteiger partial charge is 0.329 e. The molecule has 0 aromatic carbocycles. The van der Waals surface area contributed by atoms with E-state index in [1.807, 2.05) is 44.3 Å². The molecule has 0 aliphatic heterocycles. The van der Waals surface area contributed by atoms with Gasteiger partial charge < -0.3 is 10.6 Å². The maximum Gasteiger partial charge on any atom is 0.320 e. The lowest BCUT2D eigenvalue weighted by Gasteiger charge is -2.18. The van der Waals surface area contributed by atoms with Crippen LogP contribution in [-0.2, 0) is 0 Å². The van der Waals surface area contributed by atoms with E-state index in [0.29, 0.717) is 12.2 Å². The van der Waals surface area contributed by atoms with Gasteiger partial charge in [0.15, 0.2) is 0 Å². The van der Waals surface area contributed by atoms with E-state index >= 15 is 0 Å². The topological polar surface area (TPSA) is 121 Å². The molecule has 0 aliphatic carbocycles. The Balaban J connectivity index is 1.49. The molecule has 0 radical (unpaired) electrons. The van der Waals surface area contributed by atoms with Gasteiger partial charge in [0.2, 0.25) is 0 Å². The summed E-state index contributed by atoms with van der Waals surface area (Å²) in [4.78, 5) is 25.6. The molecule has 0 spiro atoms. The number of amides is 2. The Kier molecular flexibility index (Phi) is 6.13. The zero-order valence-electron chi connectivity index (χ0n) is 17.4. The number of pyridine rings is 3. The number of aromatic nitrogens is 5. The SMILES string of the molecule is CNCCC(NC(=O)Nc1cc2[nH]nc(-c3ccnc(C)c3)c2cn1)c1ccccn1. The van der Waals surface area contributed by atoms with Crippen LogP contribution >= 0.6 is 0 Å². The number of anilines is 1. The summed E-state index contributed by atoms with van der Waals surface area (Å²) in [5, 5.41) is 17.2. The summed E-state index contributed by atoms with van der Waals surface area (Å²) in [5.41, 5.74) is 4.26. The number of H-pyrrole nitrogens is 1. The molecular formula is C22H24N8O. The predicted octanol–water partition coefficient (Wildman–Crippen LogP) is 3.20. The number of hydrogen-bond donors (Lipinski definition) is 4. The van der Waals surface area contributed by atoms with Crippen LogP contribution in [0.2, 0.25) is 0 Å². The molecule has 4 aromatic heterocycles. The van der Waals surface area contributed by atoms with Gasteiger partial charge in [-0.1, -0.05) is 6.07 Å². The molecule has 4 N–H and O–H groups in total. The fourth-order valence-electron chi connectivity index (χ4n) is 3.37. The van der Waals surface area contributed by atoms with Crippen LogP contribution < -0.4 is 16.0 Å². The van der Waals surface area contributed by atoms with Crippen molar-refractivity contribution in [2.24, 2.45) is 0 Å². The van der Waals surface area contributed by atoms with Gasteiger partial charge in [-0.3, -0.25) is 20.4 Å². The highest BCUT2D eigenvalue weighted by Crippen LogP contribution is 2.27. The molecule has 4 rings (SSSR count). The molecule has 0 aliphatic rings. The second-order valence-corrected chi connectivity index (χ2v) is 7.17. The number of rotatable bonds is 7. The lowest BCUT2D eigenvalue weighted by molar-refractivity contribution is 0.247. The first-order valence-electron chi connectivity index (χ1n) is 10.0. The van der Waals surface area contributed by atoms with Crippen molar-refractivity contribution in [2.75, 3.05) is 18.9 Å². The molecule has 9 heteroatoms. The summed E-state index contributed by atoms with van der Waals surface area (Å²) in [6.07, 6.45) is 5.89. The average molecular weight is 416 g/mol. The van der Waals surface area contributed by atoms with Gasteiger partial charge >= 0.3 is 6.03 Å². The molecule has 0 saturated heterocycles. The summed E-state index contributed by atoms with van der Waals surface area (Å²) in [6.45, 7) is 2.68. The zero-order valence-corrected chi connectivity index (χ0v) is 17.4. The second kappa shape index (κ2) is 9.31. The molecule has 0 saturated carbocycles. The molecule has 1 atom stereocenters. The number of nitrogens with one attached hydrogen (secondary N) is 4. The average Bonchev–Trinajstić information content (AvgIpc) is 3.20. The van der Waals surface area contributed by atoms with Crippen LogP contribution in [0, 0.1) is 6.92 Å². The standard InChI is InChI=1S/C22H24N8O/c1-14-11-15(6-10-24-14)21-16-13-26-20(12-19(16)29-30-21)28-22(31)27-18(7-9-23-2)17-5-3-4-8-25-17/h3-6,8,10-13,18,23H,7,9H2,1-2H3,(H,29,30)(H2,26,27,28,31). The van der Waals surface area contributed by atoms with Crippen molar-refractivity contribution >= 4 is 22.8 Å². The molecular weight excluding hydrogens is 392 g/mol. The van der Waals surface area contributed by atoms with E-state index < -0.39 is 0 Å². The molecule has 4 aromatic rings. The van der Waals surface area contributed by atoms with Crippen molar-refractivity contribution < 1.29 is 4.79 Å². The summed E-state index contributed by atoms with van der Waals surface area (Å²) < 4.78 is 0. The summed E-state index contributed by atoms with van der Waals surface area (Å²) in [6, 6.07) is 10.7. The Labute approximate surface area is 179 Å². The fourth-order valence-corrected chi connectivity index (χ4v) is 3.37. The van der Waals surface area contributed by atoms with Gasteiger partial charge in [0.1, 0.15) is 11.5 Å². The molecule has 1 unspecified atom stereocenters. The van der Waals surface area contributed by atoms with Crippen LogP contribution in [0.1, 0.15) is 23.9 Å². The van der Waals surface area contributed by atoms with Crippen molar-refractivity contribution in [2.45, 2.75) is 19.4 Å². The van der Waals surface area contributed by atoms with Crippen molar-refractivity contribution in [1.29, 1.82) is 0 Å². The number of fused-ring (bicyclic) bond motifs is 1. The first-order valence-corrected chi connectivity index (χ1v) is 10.0. The third kappa shape index (κ3) is 4.84. The van der Waals surface area contributed by atoms with Gasteiger partial charge in [-0.2, -0.15) is 5.10 Å². The van der Waals surface area contributed by atoms with E-state index in [1.54, 1.807) is 24.7 Å². The maximum atomic E-state index is 12.6. The number of aromatic amines is 1. The highest BCUT2D eigenvalue weighted by Gasteiger charge is 2.16. The Morgan fingerprint density at radius 2 is 2.03 bits per heavy atom. The van der Waals surface area contributed by atoms with Crippen molar-refractivity contribution in [3.8, 4) is 11.3 Å². The van der Waals surface area contributed by atoms with E-state index in [1.165, 1.54) is 0 Å². The molecule has 2 amide bonds. The van der Waals surface area contributed by atoms with E-state index in [-0.39, 0.29) is 12.1 Å². The number of carbonyl (C=O) groups excluding carboxylic acids is 1. The van der Waals surface area contributed by atoms with Gasteiger partial charge in [-0.15, -0.1) is 0 Å². The fraction of sp³-hybridized carbons (Fsp3) is 0.227. The quantitative estimate of drug-likeness (QED) is 0.367. The Morgan fingerprint density at radius 1 is 1.13 bits per heavy atom. The van der Waals surface area contributed by atoms with E-state index in [2.05, 4.69) is 41.1 Å². The van der Waals surface area contributed by atoms with Crippen LogP contribution in [-0.4, -0.2) is 44.8 Å². The highest BCUT2D eigenvalue weighted by atomic mass is 16.2. The molecule has 158 valence electrons. The Bertz CT molecular complexity index is 1170.